The first-order chi connectivity index (χ1) is 5.11. The van der Waals surface area contributed by atoms with Crippen LogP contribution in [-0.4, -0.2) is 5.21 Å². The molecule has 1 unspecified atom stereocenters. The Morgan fingerprint density at radius 2 is 2.18 bits per heavy atom. The quantitative estimate of drug-likeness (QED) is 0.393. The molecular formula is C7H10N2O2. The summed E-state index contributed by atoms with van der Waals surface area (Å²) in [6.07, 6.45) is 0. The van der Waals surface area contributed by atoms with E-state index >= 15 is 0 Å². The molecule has 0 saturated heterocycles. The van der Waals surface area contributed by atoms with Gasteiger partial charge in [-0.3, -0.25) is 0 Å². The van der Waals surface area contributed by atoms with Gasteiger partial charge in [-0.15, -0.1) is 0 Å². The van der Waals surface area contributed by atoms with Gasteiger partial charge < -0.3 is 10.9 Å². The molecule has 4 heteroatoms. The molecule has 0 amide bonds. The molecule has 0 radical (unpaired) electrons. The maximum atomic E-state index is 10.4. The minimum absolute atomic E-state index is 0.230. The van der Waals surface area contributed by atoms with E-state index in [1.54, 1.807) is 6.07 Å². The van der Waals surface area contributed by atoms with Crippen LogP contribution in [0, 0.1) is 12.1 Å². The first-order valence-electron chi connectivity index (χ1n) is 3.20. The van der Waals surface area contributed by atoms with Crippen molar-refractivity contribution in [3.63, 3.8) is 0 Å². The largest absolute Gasteiger partial charge is 0.595 e. The van der Waals surface area contributed by atoms with Gasteiger partial charge in [-0.05, 0) is 12.5 Å². The van der Waals surface area contributed by atoms with Crippen LogP contribution >= 0.6 is 0 Å². The topological polar surface area (TPSA) is 73.8 Å². The number of hydrogen-bond donors (Lipinski definition) is 3. The fourth-order valence-electron chi connectivity index (χ4n) is 0.774. The number of quaternary nitrogens is 1. The first-order valence-corrected chi connectivity index (χ1v) is 3.20. The summed E-state index contributed by atoms with van der Waals surface area (Å²) in [5, 5.41) is 18.0. The van der Waals surface area contributed by atoms with Crippen LogP contribution in [0.4, 0.5) is 11.4 Å². The zero-order valence-electron chi connectivity index (χ0n) is 6.16. The SMILES string of the molecule is Cc1ccc([NH+]([O-])O)cc1N. The number of nitrogens with two attached hydrogens (primary N) is 1. The highest BCUT2D eigenvalue weighted by atomic mass is 16.8. The summed E-state index contributed by atoms with van der Waals surface area (Å²) in [7, 11) is 0. The molecule has 0 spiro atoms. The fourth-order valence-corrected chi connectivity index (χ4v) is 0.774. The summed E-state index contributed by atoms with van der Waals surface area (Å²) < 4.78 is 0. The lowest BCUT2D eigenvalue weighted by molar-refractivity contribution is -0.991. The Morgan fingerprint density at radius 3 is 2.64 bits per heavy atom. The molecule has 1 aromatic rings. The smallest absolute Gasteiger partial charge is 0.165 e. The molecule has 1 atom stereocenters. The molecule has 0 bridgehead atoms. The second-order valence-corrected chi connectivity index (χ2v) is 2.38. The van der Waals surface area contributed by atoms with E-state index in [9.17, 15) is 5.21 Å². The molecule has 0 saturated carbocycles. The van der Waals surface area contributed by atoms with Gasteiger partial charge in [0.05, 0.1) is 0 Å². The van der Waals surface area contributed by atoms with Crippen molar-refractivity contribution in [2.75, 3.05) is 5.73 Å². The Morgan fingerprint density at radius 1 is 1.55 bits per heavy atom. The van der Waals surface area contributed by atoms with Gasteiger partial charge >= 0.3 is 0 Å². The Balaban J connectivity index is 3.05. The van der Waals surface area contributed by atoms with Gasteiger partial charge in [-0.2, -0.15) is 5.23 Å². The zero-order valence-corrected chi connectivity index (χ0v) is 6.16. The number of nitrogens with one attached hydrogen (secondary N) is 1. The van der Waals surface area contributed by atoms with Crippen LogP contribution in [0.1, 0.15) is 5.56 Å². The van der Waals surface area contributed by atoms with Crippen molar-refractivity contribution in [1.29, 1.82) is 0 Å². The molecule has 0 fully saturated rings. The second kappa shape index (κ2) is 2.87. The third-order valence-corrected chi connectivity index (χ3v) is 1.53. The van der Waals surface area contributed by atoms with E-state index in [0.717, 1.165) is 5.56 Å². The highest BCUT2D eigenvalue weighted by Crippen LogP contribution is 2.13. The molecular weight excluding hydrogens is 144 g/mol. The maximum absolute atomic E-state index is 10.4. The van der Waals surface area contributed by atoms with Crippen molar-refractivity contribution in [3.05, 3.63) is 29.0 Å². The van der Waals surface area contributed by atoms with Crippen molar-refractivity contribution in [2.45, 2.75) is 6.92 Å². The van der Waals surface area contributed by atoms with Gasteiger partial charge in [-0.1, -0.05) is 6.07 Å². The molecule has 1 rings (SSSR count). The number of benzene rings is 1. The lowest BCUT2D eigenvalue weighted by atomic mass is 10.2. The minimum Gasteiger partial charge on any atom is -0.595 e. The van der Waals surface area contributed by atoms with Crippen LogP contribution in [0.15, 0.2) is 18.2 Å². The van der Waals surface area contributed by atoms with E-state index in [1.165, 1.54) is 12.1 Å². The number of hydrogen-bond acceptors (Lipinski definition) is 3. The third-order valence-electron chi connectivity index (χ3n) is 1.53. The van der Waals surface area contributed by atoms with Crippen LogP contribution in [0.3, 0.4) is 0 Å². The molecule has 0 aliphatic heterocycles. The van der Waals surface area contributed by atoms with Crippen molar-refractivity contribution in [2.24, 2.45) is 0 Å². The molecule has 0 heterocycles. The molecule has 0 aliphatic rings. The van der Waals surface area contributed by atoms with Crippen LogP contribution in [0.5, 0.6) is 0 Å². The molecule has 4 nitrogen and oxygen atoms in total. The summed E-state index contributed by atoms with van der Waals surface area (Å²) >= 11 is 0. The summed E-state index contributed by atoms with van der Waals surface area (Å²) in [5.41, 5.74) is 7.14. The molecule has 60 valence electrons. The Labute approximate surface area is 64.4 Å². The van der Waals surface area contributed by atoms with E-state index in [2.05, 4.69) is 0 Å². The molecule has 4 N–H and O–H groups in total. The standard InChI is InChI=1S/C7H10N2O2/c1-5-2-3-6(9(10)11)4-7(5)8/h2-4,9-10H,8H2,1H3. The van der Waals surface area contributed by atoms with Crippen LogP contribution in [-0.2, 0) is 0 Å². The fraction of sp³-hybridized carbons (Fsp3) is 0.143. The molecule has 1 aromatic carbocycles. The van der Waals surface area contributed by atoms with E-state index < -0.39 is 5.23 Å². The van der Waals surface area contributed by atoms with Crippen molar-refractivity contribution >= 4 is 11.4 Å². The number of anilines is 1. The van der Waals surface area contributed by atoms with E-state index in [1.807, 2.05) is 6.92 Å². The second-order valence-electron chi connectivity index (χ2n) is 2.38. The lowest BCUT2D eigenvalue weighted by Gasteiger charge is -2.12. The van der Waals surface area contributed by atoms with E-state index in [-0.39, 0.29) is 5.69 Å². The predicted octanol–water partition coefficient (Wildman–Crippen LogP) is -0.0194. The van der Waals surface area contributed by atoms with Crippen molar-refractivity contribution in [3.8, 4) is 0 Å². The summed E-state index contributed by atoms with van der Waals surface area (Å²) in [5.74, 6) is 0. The van der Waals surface area contributed by atoms with Crippen LogP contribution in [0.2, 0.25) is 0 Å². The van der Waals surface area contributed by atoms with Crippen LogP contribution < -0.4 is 11.0 Å². The first kappa shape index (κ1) is 8.00. The van der Waals surface area contributed by atoms with Crippen LogP contribution in [0.25, 0.3) is 0 Å². The van der Waals surface area contributed by atoms with Gasteiger partial charge in [0.25, 0.3) is 0 Å². The highest BCUT2D eigenvalue weighted by Gasteiger charge is 2.00. The zero-order chi connectivity index (χ0) is 8.43. The summed E-state index contributed by atoms with van der Waals surface area (Å²) in [6, 6.07) is 4.69. The predicted molar refractivity (Wildman–Crippen MR) is 41.4 cm³/mol. The van der Waals surface area contributed by atoms with Crippen molar-refractivity contribution in [1.82, 2.24) is 0 Å². The summed E-state index contributed by atoms with van der Waals surface area (Å²) in [4.78, 5) is 0. The van der Waals surface area contributed by atoms with Crippen molar-refractivity contribution < 1.29 is 10.4 Å². The van der Waals surface area contributed by atoms with E-state index in [0.29, 0.717) is 5.69 Å². The number of nitrogen functional groups attached to an aromatic ring is 1. The third kappa shape index (κ3) is 1.68. The van der Waals surface area contributed by atoms with Gasteiger partial charge in [0.1, 0.15) is 0 Å². The Hall–Kier alpha value is -1.10. The lowest BCUT2D eigenvalue weighted by Crippen LogP contribution is -2.99. The minimum atomic E-state index is -0.947. The maximum Gasteiger partial charge on any atom is 0.165 e. The normalized spacial score (nSPS) is 13.0. The number of rotatable bonds is 1. The monoisotopic (exact) mass is 154 g/mol. The van der Waals surface area contributed by atoms with Gasteiger partial charge in [0.2, 0.25) is 0 Å². The molecule has 0 aliphatic carbocycles. The Kier molecular flexibility index (Phi) is 2.09. The average molecular weight is 154 g/mol. The van der Waals surface area contributed by atoms with Gasteiger partial charge in [-0.25, -0.2) is 5.21 Å². The van der Waals surface area contributed by atoms with Gasteiger partial charge in [0, 0.05) is 17.8 Å². The molecule has 11 heavy (non-hydrogen) atoms. The van der Waals surface area contributed by atoms with E-state index in [4.69, 9.17) is 10.9 Å². The summed E-state index contributed by atoms with van der Waals surface area (Å²) in [6.45, 7) is 1.83. The number of aryl methyl sites for hydroxylation is 1. The molecule has 0 aromatic heterocycles. The average Bonchev–Trinajstić information content (AvgIpc) is 1.94. The highest BCUT2D eigenvalue weighted by molar-refractivity contribution is 5.52. The van der Waals surface area contributed by atoms with Gasteiger partial charge in [0.15, 0.2) is 5.69 Å². The Bertz CT molecular complexity index is 261.